The van der Waals surface area contributed by atoms with Crippen molar-refractivity contribution in [1.29, 1.82) is 0 Å². The second-order valence-corrected chi connectivity index (χ2v) is 4.16. The Morgan fingerprint density at radius 1 is 1.26 bits per heavy atom. The van der Waals surface area contributed by atoms with Gasteiger partial charge in [-0.2, -0.15) is 13.2 Å². The lowest BCUT2D eigenvalue weighted by Gasteiger charge is -2.14. The summed E-state index contributed by atoms with van der Waals surface area (Å²) in [6, 6.07) is 6.03. The number of ketones is 1. The lowest BCUT2D eigenvalue weighted by atomic mass is 10.1. The summed E-state index contributed by atoms with van der Waals surface area (Å²) in [5.41, 5.74) is -0.0991. The van der Waals surface area contributed by atoms with Crippen LogP contribution in [0.1, 0.15) is 19.4 Å². The summed E-state index contributed by atoms with van der Waals surface area (Å²) in [5.74, 6) is -1.99. The van der Waals surface area contributed by atoms with E-state index < -0.39 is 17.5 Å². The van der Waals surface area contributed by atoms with Crippen LogP contribution in [0.3, 0.4) is 0 Å². The number of benzene rings is 1. The smallest absolute Gasteiger partial charge is 0.454 e. The number of hydrogen-bond donors (Lipinski definition) is 0. The van der Waals surface area contributed by atoms with E-state index in [2.05, 4.69) is 0 Å². The highest BCUT2D eigenvalue weighted by Crippen LogP contribution is 2.28. The number of halogens is 4. The van der Waals surface area contributed by atoms with Crippen molar-refractivity contribution in [2.24, 2.45) is 0 Å². The summed E-state index contributed by atoms with van der Waals surface area (Å²) in [5, 5.41) is 0.444. The van der Waals surface area contributed by atoms with Crippen molar-refractivity contribution in [3.8, 4) is 0 Å². The van der Waals surface area contributed by atoms with Crippen molar-refractivity contribution in [2.45, 2.75) is 20.0 Å². The number of ether oxygens (including phenoxy) is 1. The zero-order chi connectivity index (χ0) is 14.6. The molecule has 0 atom stereocenters. The molecule has 1 aromatic rings. The van der Waals surface area contributed by atoms with Gasteiger partial charge in [-0.15, -0.1) is 0 Å². The Morgan fingerprint density at radius 3 is 2.21 bits per heavy atom. The molecule has 19 heavy (non-hydrogen) atoms. The summed E-state index contributed by atoms with van der Waals surface area (Å²) >= 11 is 5.70. The van der Waals surface area contributed by atoms with Gasteiger partial charge < -0.3 is 4.74 Å². The maximum atomic E-state index is 12.4. The van der Waals surface area contributed by atoms with Crippen LogP contribution in [0.5, 0.6) is 0 Å². The Labute approximate surface area is 113 Å². The molecule has 0 aliphatic heterocycles. The Balaban J connectivity index is 3.26. The molecule has 0 N–H and O–H groups in total. The molecule has 0 aliphatic carbocycles. The highest BCUT2D eigenvalue weighted by Gasteiger charge is 2.40. The monoisotopic (exact) mass is 292 g/mol. The number of Topliss-reactive ketones (excluding diaryl/α,β-unsaturated/α-hetero) is 1. The van der Waals surface area contributed by atoms with E-state index in [0.29, 0.717) is 10.6 Å². The molecule has 2 nitrogen and oxygen atoms in total. The first-order valence-corrected chi connectivity index (χ1v) is 5.86. The van der Waals surface area contributed by atoms with Gasteiger partial charge in [-0.3, -0.25) is 4.79 Å². The average molecular weight is 293 g/mol. The highest BCUT2D eigenvalue weighted by molar-refractivity contribution is 6.30. The lowest BCUT2D eigenvalue weighted by Crippen LogP contribution is -2.24. The molecule has 0 fully saturated rings. The molecule has 0 heterocycles. The summed E-state index contributed by atoms with van der Waals surface area (Å²) in [6.45, 7) is 2.87. The molecule has 0 saturated carbocycles. The van der Waals surface area contributed by atoms with Gasteiger partial charge in [0.15, 0.2) is 0 Å². The van der Waals surface area contributed by atoms with Gasteiger partial charge >= 0.3 is 6.18 Å². The summed E-state index contributed by atoms with van der Waals surface area (Å²) in [6.07, 6.45) is -4.92. The molecule has 0 aliphatic rings. The van der Waals surface area contributed by atoms with E-state index in [1.807, 2.05) is 0 Å². The van der Waals surface area contributed by atoms with Crippen molar-refractivity contribution in [3.63, 3.8) is 0 Å². The molecule has 0 radical (unpaired) electrons. The standard InChI is InChI=1S/C13H12ClF3O2/c1-3-19-11(8(2)12(18)13(15,16)17)9-4-6-10(14)7-5-9/h4-7H,3H2,1-2H3/b11-8-. The topological polar surface area (TPSA) is 26.3 Å². The Kier molecular flexibility index (Phi) is 5.00. The molecule has 0 spiro atoms. The first kappa shape index (κ1) is 15.6. The van der Waals surface area contributed by atoms with Crippen LogP contribution in [0.2, 0.25) is 5.02 Å². The van der Waals surface area contributed by atoms with Crippen molar-refractivity contribution in [1.82, 2.24) is 0 Å². The number of hydrogen-bond acceptors (Lipinski definition) is 2. The molecule has 0 saturated heterocycles. The minimum atomic E-state index is -4.92. The van der Waals surface area contributed by atoms with Gasteiger partial charge in [-0.05, 0) is 38.1 Å². The van der Waals surface area contributed by atoms with E-state index in [0.717, 1.165) is 6.92 Å². The Bertz CT molecular complexity index is 490. The quantitative estimate of drug-likeness (QED) is 0.613. The molecular weight excluding hydrogens is 281 g/mol. The van der Waals surface area contributed by atoms with Crippen LogP contribution < -0.4 is 0 Å². The van der Waals surface area contributed by atoms with Crippen LogP contribution in [0, 0.1) is 0 Å². The van der Waals surface area contributed by atoms with E-state index in [1.54, 1.807) is 6.92 Å². The first-order chi connectivity index (χ1) is 8.77. The van der Waals surface area contributed by atoms with Crippen molar-refractivity contribution in [3.05, 3.63) is 40.4 Å². The first-order valence-electron chi connectivity index (χ1n) is 5.48. The van der Waals surface area contributed by atoms with Crippen LogP contribution >= 0.6 is 11.6 Å². The van der Waals surface area contributed by atoms with Gasteiger partial charge in [0.2, 0.25) is 0 Å². The lowest BCUT2D eigenvalue weighted by molar-refractivity contribution is -0.166. The van der Waals surface area contributed by atoms with Crippen molar-refractivity contribution >= 4 is 23.1 Å². The van der Waals surface area contributed by atoms with E-state index >= 15 is 0 Å². The van der Waals surface area contributed by atoms with Crippen LogP contribution in [-0.4, -0.2) is 18.6 Å². The second kappa shape index (κ2) is 6.10. The van der Waals surface area contributed by atoms with Gasteiger partial charge in [0.1, 0.15) is 5.76 Å². The van der Waals surface area contributed by atoms with Crippen LogP contribution in [-0.2, 0) is 9.53 Å². The van der Waals surface area contributed by atoms with Gasteiger partial charge in [-0.25, -0.2) is 0 Å². The van der Waals surface area contributed by atoms with E-state index in [9.17, 15) is 18.0 Å². The van der Waals surface area contributed by atoms with Gasteiger partial charge in [-0.1, -0.05) is 11.6 Å². The molecule has 104 valence electrons. The Morgan fingerprint density at radius 2 is 1.79 bits per heavy atom. The van der Waals surface area contributed by atoms with Gasteiger partial charge in [0.25, 0.3) is 5.78 Å². The zero-order valence-electron chi connectivity index (χ0n) is 10.3. The van der Waals surface area contributed by atoms with Gasteiger partial charge in [0.05, 0.1) is 6.61 Å². The third kappa shape index (κ3) is 3.99. The number of carbonyl (C=O) groups excluding carboxylic acids is 1. The number of rotatable bonds is 4. The normalized spacial score (nSPS) is 12.9. The summed E-state index contributed by atoms with van der Waals surface area (Å²) < 4.78 is 42.4. The summed E-state index contributed by atoms with van der Waals surface area (Å²) in [7, 11) is 0. The molecule has 0 amide bonds. The predicted molar refractivity (Wildman–Crippen MR) is 66.7 cm³/mol. The Hall–Kier alpha value is -1.49. The zero-order valence-corrected chi connectivity index (χ0v) is 11.1. The third-order valence-electron chi connectivity index (χ3n) is 2.33. The molecule has 1 aromatic carbocycles. The fourth-order valence-corrected chi connectivity index (χ4v) is 1.60. The fraction of sp³-hybridized carbons (Fsp3) is 0.308. The highest BCUT2D eigenvalue weighted by atomic mass is 35.5. The number of alkyl halides is 3. The maximum Gasteiger partial charge on any atom is 0.454 e. The van der Waals surface area contributed by atoms with Crippen molar-refractivity contribution in [2.75, 3.05) is 6.61 Å². The van der Waals surface area contributed by atoms with Crippen LogP contribution in [0.4, 0.5) is 13.2 Å². The molecule has 6 heteroatoms. The predicted octanol–water partition coefficient (Wildman–Crippen LogP) is 4.24. The minimum Gasteiger partial charge on any atom is -0.493 e. The molecular formula is C13H12ClF3O2. The van der Waals surface area contributed by atoms with E-state index in [1.165, 1.54) is 24.3 Å². The SMILES string of the molecule is CCO/C(=C(/C)C(=O)C(F)(F)F)c1ccc(Cl)cc1. The van der Waals surface area contributed by atoms with Gasteiger partial charge in [0, 0.05) is 16.2 Å². The fourth-order valence-electron chi connectivity index (χ4n) is 1.47. The minimum absolute atomic E-state index is 0.0820. The van der Waals surface area contributed by atoms with E-state index in [4.69, 9.17) is 16.3 Å². The second-order valence-electron chi connectivity index (χ2n) is 3.72. The molecule has 0 aromatic heterocycles. The molecule has 1 rings (SSSR count). The largest absolute Gasteiger partial charge is 0.493 e. The number of carbonyl (C=O) groups is 1. The van der Waals surface area contributed by atoms with Crippen LogP contribution in [0.15, 0.2) is 29.8 Å². The molecule has 0 bridgehead atoms. The average Bonchev–Trinajstić information content (AvgIpc) is 2.34. The third-order valence-corrected chi connectivity index (χ3v) is 2.59. The molecule has 0 unspecified atom stereocenters. The maximum absolute atomic E-state index is 12.4. The van der Waals surface area contributed by atoms with E-state index in [-0.39, 0.29) is 12.4 Å². The summed E-state index contributed by atoms with van der Waals surface area (Å²) in [4.78, 5) is 11.2. The number of allylic oxidation sites excluding steroid dienone is 1. The van der Waals surface area contributed by atoms with Crippen molar-refractivity contribution < 1.29 is 22.7 Å². The van der Waals surface area contributed by atoms with Crippen LogP contribution in [0.25, 0.3) is 5.76 Å².